The van der Waals surface area contributed by atoms with E-state index in [4.69, 9.17) is 9.47 Å². The van der Waals surface area contributed by atoms with Crippen LogP contribution in [0.3, 0.4) is 0 Å². The van der Waals surface area contributed by atoms with Crippen molar-refractivity contribution < 1.29 is 19.2 Å². The van der Waals surface area contributed by atoms with Gasteiger partial charge in [0, 0.05) is 23.9 Å². The van der Waals surface area contributed by atoms with Crippen molar-refractivity contribution in [2.24, 2.45) is 10.2 Å². The zero-order chi connectivity index (χ0) is 23.3. The summed E-state index contributed by atoms with van der Waals surface area (Å²) >= 11 is 0. The maximum Gasteiger partial charge on any atom is 0.330 e. The van der Waals surface area contributed by atoms with E-state index in [0.717, 1.165) is 11.8 Å². The largest absolute Gasteiger partial charge is 0.492 e. The van der Waals surface area contributed by atoms with Gasteiger partial charge in [0.15, 0.2) is 0 Å². The van der Waals surface area contributed by atoms with Crippen molar-refractivity contribution in [1.82, 2.24) is 0 Å². The van der Waals surface area contributed by atoms with E-state index in [1.54, 1.807) is 12.1 Å². The zero-order valence-electron chi connectivity index (χ0n) is 17.6. The van der Waals surface area contributed by atoms with Gasteiger partial charge in [0.25, 0.3) is 5.69 Å². The third-order valence-electron chi connectivity index (χ3n) is 4.20. The number of carbonyl (C=O) groups excluding carboxylic acids is 1. The number of nitro benzene ring substituents is 1. The molecule has 0 aromatic heterocycles. The van der Waals surface area contributed by atoms with E-state index < -0.39 is 10.9 Å². The molecule has 0 aliphatic carbocycles. The molecule has 0 amide bonds. The number of nitro groups is 1. The summed E-state index contributed by atoms with van der Waals surface area (Å²) < 4.78 is 10.5. The Morgan fingerprint density at radius 2 is 1.47 bits per heavy atom. The Hall–Kier alpha value is -4.27. The Bertz CT molecular complexity index is 958. The fraction of sp³-hybridized carbons (Fsp3) is 0.174. The minimum absolute atomic E-state index is 0.00666. The summed E-state index contributed by atoms with van der Waals surface area (Å²) in [5.74, 6) is -0.00622. The van der Waals surface area contributed by atoms with Crippen LogP contribution in [0.2, 0.25) is 0 Å². The number of hydrogen-bond acceptors (Lipinski definition) is 8. The minimum atomic E-state index is -0.483. The van der Waals surface area contributed by atoms with Crippen molar-refractivity contribution >= 4 is 28.7 Å². The number of azo groups is 1. The van der Waals surface area contributed by atoms with Crippen molar-refractivity contribution in [1.29, 1.82) is 0 Å². The molecule has 0 saturated heterocycles. The second kappa shape index (κ2) is 12.4. The highest BCUT2D eigenvalue weighted by atomic mass is 16.6. The third-order valence-corrected chi connectivity index (χ3v) is 4.20. The van der Waals surface area contributed by atoms with E-state index in [1.807, 2.05) is 17.0 Å². The van der Waals surface area contributed by atoms with Crippen molar-refractivity contribution in [3.05, 3.63) is 96.3 Å². The van der Waals surface area contributed by atoms with Crippen LogP contribution >= 0.6 is 0 Å². The molecule has 0 spiro atoms. The van der Waals surface area contributed by atoms with E-state index >= 15 is 0 Å². The molecule has 2 aromatic carbocycles. The van der Waals surface area contributed by atoms with Gasteiger partial charge >= 0.3 is 5.97 Å². The van der Waals surface area contributed by atoms with Crippen molar-refractivity contribution in [3.8, 4) is 0 Å². The molecular weight excluding hydrogens is 412 g/mol. The molecule has 0 bridgehead atoms. The van der Waals surface area contributed by atoms with Crippen LogP contribution in [0.5, 0.6) is 0 Å². The molecule has 2 aromatic rings. The summed E-state index contributed by atoms with van der Waals surface area (Å²) in [5, 5.41) is 19.0. The van der Waals surface area contributed by atoms with Gasteiger partial charge in [-0.1, -0.05) is 19.7 Å². The van der Waals surface area contributed by atoms with Crippen LogP contribution in [0.15, 0.2) is 96.4 Å². The number of benzene rings is 2. The third kappa shape index (κ3) is 7.86. The molecule has 2 rings (SSSR count). The maximum atomic E-state index is 11.3. The molecule has 32 heavy (non-hydrogen) atoms. The number of anilines is 1. The molecular formula is C23H24N4O5. The predicted molar refractivity (Wildman–Crippen MR) is 122 cm³/mol. The predicted octanol–water partition coefficient (Wildman–Crippen LogP) is 5.26. The van der Waals surface area contributed by atoms with Crippen molar-refractivity contribution in [3.63, 3.8) is 0 Å². The van der Waals surface area contributed by atoms with Gasteiger partial charge in [-0.05, 0) is 42.5 Å². The van der Waals surface area contributed by atoms with Crippen molar-refractivity contribution in [2.75, 3.05) is 31.2 Å². The Morgan fingerprint density at radius 1 is 0.938 bits per heavy atom. The number of allylic oxidation sites excluding steroid dienone is 1. The molecule has 9 heteroatoms. The van der Waals surface area contributed by atoms with Crippen LogP contribution in [0.25, 0.3) is 0 Å². The Morgan fingerprint density at radius 3 is 1.97 bits per heavy atom. The first-order valence-corrected chi connectivity index (χ1v) is 9.67. The summed E-state index contributed by atoms with van der Waals surface area (Å²) in [7, 11) is 0. The maximum absolute atomic E-state index is 11.3. The average Bonchev–Trinajstić information content (AvgIpc) is 2.82. The topological polar surface area (TPSA) is 107 Å². The van der Waals surface area contributed by atoms with Crippen molar-refractivity contribution in [2.45, 2.75) is 0 Å². The molecule has 0 radical (unpaired) electrons. The molecule has 0 aliphatic heterocycles. The Kier molecular flexibility index (Phi) is 9.32. The summed E-state index contributed by atoms with van der Waals surface area (Å²) in [6.07, 6.45) is 2.65. The summed E-state index contributed by atoms with van der Waals surface area (Å²) in [5.41, 5.74) is 1.99. The molecule has 0 heterocycles. The van der Waals surface area contributed by atoms with Gasteiger partial charge in [-0.15, -0.1) is 0 Å². The Balaban J connectivity index is 2.04. The summed E-state index contributed by atoms with van der Waals surface area (Å²) in [4.78, 5) is 23.5. The van der Waals surface area contributed by atoms with Crippen LogP contribution in [0.4, 0.5) is 22.7 Å². The van der Waals surface area contributed by atoms with Gasteiger partial charge in [0.2, 0.25) is 0 Å². The van der Waals surface area contributed by atoms with E-state index in [-0.39, 0.29) is 12.3 Å². The van der Waals surface area contributed by atoms with E-state index in [2.05, 4.69) is 30.0 Å². The van der Waals surface area contributed by atoms with E-state index in [1.165, 1.54) is 30.3 Å². The number of hydrogen-bond donors (Lipinski definition) is 0. The zero-order valence-corrected chi connectivity index (χ0v) is 17.6. The van der Waals surface area contributed by atoms with Crippen LogP contribution in [-0.2, 0) is 14.3 Å². The van der Waals surface area contributed by atoms with Crippen LogP contribution in [-0.4, -0.2) is 37.2 Å². The lowest BCUT2D eigenvalue weighted by molar-refractivity contribution is -0.384. The van der Waals surface area contributed by atoms with Gasteiger partial charge in [-0.3, -0.25) is 10.1 Å². The molecule has 0 atom stereocenters. The smallest absolute Gasteiger partial charge is 0.330 e. The lowest BCUT2D eigenvalue weighted by Crippen LogP contribution is -2.31. The fourth-order valence-corrected chi connectivity index (χ4v) is 2.52. The highest BCUT2D eigenvalue weighted by Crippen LogP contribution is 2.23. The lowest BCUT2D eigenvalue weighted by Gasteiger charge is -2.24. The van der Waals surface area contributed by atoms with E-state index in [0.29, 0.717) is 36.8 Å². The SMILES string of the molecule is C=CC(=C)OCCN(CCOC(=O)C=C)c1ccc(/N=N/c2ccc([N+](=O)[O-])cc2)cc1. The molecule has 9 nitrogen and oxygen atoms in total. The minimum Gasteiger partial charge on any atom is -0.492 e. The lowest BCUT2D eigenvalue weighted by atomic mass is 10.2. The Labute approximate surface area is 186 Å². The normalized spacial score (nSPS) is 10.4. The standard InChI is InChI=1S/C23H24N4O5/c1-4-18(3)31-16-14-26(15-17-32-23(28)5-2)21-10-6-19(7-11-21)24-25-20-8-12-22(13-9-20)27(29)30/h4-13H,1-3,14-17H2/b25-24+. The summed E-state index contributed by atoms with van der Waals surface area (Å²) in [6, 6.07) is 13.1. The van der Waals surface area contributed by atoms with Gasteiger partial charge in [-0.25, -0.2) is 4.79 Å². The number of nitrogens with zero attached hydrogens (tertiary/aromatic N) is 4. The molecule has 0 saturated carbocycles. The number of carbonyl (C=O) groups is 1. The molecule has 0 unspecified atom stereocenters. The van der Waals surface area contributed by atoms with Crippen LogP contribution < -0.4 is 4.90 Å². The van der Waals surface area contributed by atoms with Gasteiger partial charge in [0.05, 0.1) is 29.4 Å². The van der Waals surface area contributed by atoms with Gasteiger partial charge in [0.1, 0.15) is 19.0 Å². The number of esters is 1. The quantitative estimate of drug-likeness (QED) is 0.0806. The van der Waals surface area contributed by atoms with Gasteiger partial charge < -0.3 is 14.4 Å². The van der Waals surface area contributed by atoms with Gasteiger partial charge in [-0.2, -0.15) is 10.2 Å². The van der Waals surface area contributed by atoms with Crippen LogP contribution in [0.1, 0.15) is 0 Å². The highest BCUT2D eigenvalue weighted by Gasteiger charge is 2.09. The fourth-order valence-electron chi connectivity index (χ4n) is 2.52. The number of ether oxygens (including phenoxy) is 2. The van der Waals surface area contributed by atoms with E-state index in [9.17, 15) is 14.9 Å². The second-order valence-electron chi connectivity index (χ2n) is 6.37. The molecule has 0 N–H and O–H groups in total. The molecule has 0 aliphatic rings. The molecule has 166 valence electrons. The number of rotatable bonds is 13. The average molecular weight is 436 g/mol. The first-order chi connectivity index (χ1) is 15.4. The monoisotopic (exact) mass is 436 g/mol. The van der Waals surface area contributed by atoms with Crippen LogP contribution in [0, 0.1) is 10.1 Å². The number of non-ortho nitro benzene ring substituents is 1. The summed E-state index contributed by atoms with van der Waals surface area (Å²) in [6.45, 7) is 12.2. The highest BCUT2D eigenvalue weighted by molar-refractivity contribution is 5.81. The first-order valence-electron chi connectivity index (χ1n) is 9.67. The first kappa shape index (κ1) is 24.0. The second-order valence-corrected chi connectivity index (χ2v) is 6.37. The molecule has 0 fully saturated rings.